The van der Waals surface area contributed by atoms with Crippen LogP contribution in [0.25, 0.3) is 0 Å². The fourth-order valence-electron chi connectivity index (χ4n) is 2.17. The SMILES string of the molecule is CCOc1ccc(SCC(=O)N(C)c2ccc(Br)cc2C)cc1. The average Bonchev–Trinajstić information content (AvgIpc) is 2.53. The highest BCUT2D eigenvalue weighted by Crippen LogP contribution is 2.25. The highest BCUT2D eigenvalue weighted by molar-refractivity contribution is 9.10. The van der Waals surface area contributed by atoms with Crippen LogP contribution in [0.1, 0.15) is 12.5 Å². The molecule has 0 radical (unpaired) electrons. The van der Waals surface area contributed by atoms with E-state index in [9.17, 15) is 4.79 Å². The molecular formula is C18H20BrNO2S. The summed E-state index contributed by atoms with van der Waals surface area (Å²) in [4.78, 5) is 15.2. The number of carbonyl (C=O) groups excluding carboxylic acids is 1. The van der Waals surface area contributed by atoms with E-state index in [1.165, 1.54) is 11.8 Å². The fraction of sp³-hybridized carbons (Fsp3) is 0.278. The number of nitrogens with zero attached hydrogens (tertiary/aromatic N) is 1. The zero-order valence-corrected chi connectivity index (χ0v) is 15.9. The smallest absolute Gasteiger partial charge is 0.237 e. The van der Waals surface area contributed by atoms with Crippen molar-refractivity contribution in [2.24, 2.45) is 0 Å². The topological polar surface area (TPSA) is 29.5 Å². The standard InChI is InChI=1S/C18H20BrNO2S/c1-4-22-15-6-8-16(9-7-15)23-12-18(21)20(3)17-10-5-14(19)11-13(17)2/h5-11H,4,12H2,1-3H3. The van der Waals surface area contributed by atoms with Crippen LogP contribution in [0.2, 0.25) is 0 Å². The first-order chi connectivity index (χ1) is 11.0. The first kappa shape index (κ1) is 17.9. The lowest BCUT2D eigenvalue weighted by molar-refractivity contribution is -0.115. The van der Waals surface area contributed by atoms with Crippen molar-refractivity contribution in [2.45, 2.75) is 18.7 Å². The van der Waals surface area contributed by atoms with Crippen LogP contribution in [0.15, 0.2) is 51.8 Å². The Kier molecular flexibility index (Phi) is 6.54. The minimum Gasteiger partial charge on any atom is -0.494 e. The number of carbonyl (C=O) groups is 1. The molecule has 122 valence electrons. The average molecular weight is 394 g/mol. The van der Waals surface area contributed by atoms with Gasteiger partial charge in [-0.05, 0) is 61.9 Å². The Morgan fingerprint density at radius 3 is 2.52 bits per heavy atom. The summed E-state index contributed by atoms with van der Waals surface area (Å²) in [5.41, 5.74) is 2.01. The summed E-state index contributed by atoms with van der Waals surface area (Å²) in [5.74, 6) is 1.33. The van der Waals surface area contributed by atoms with Crippen LogP contribution in [-0.2, 0) is 4.79 Å². The van der Waals surface area contributed by atoms with Crippen LogP contribution in [0, 0.1) is 6.92 Å². The molecular weight excluding hydrogens is 374 g/mol. The zero-order chi connectivity index (χ0) is 16.8. The molecule has 3 nitrogen and oxygen atoms in total. The van der Waals surface area contributed by atoms with Crippen molar-refractivity contribution >= 4 is 39.3 Å². The van der Waals surface area contributed by atoms with Crippen LogP contribution in [0.4, 0.5) is 5.69 Å². The lowest BCUT2D eigenvalue weighted by Crippen LogP contribution is -2.28. The molecule has 0 saturated carbocycles. The van der Waals surface area contributed by atoms with E-state index in [2.05, 4.69) is 15.9 Å². The molecule has 2 aromatic carbocycles. The third-order valence-electron chi connectivity index (χ3n) is 3.39. The third-order valence-corrected chi connectivity index (χ3v) is 4.88. The maximum Gasteiger partial charge on any atom is 0.237 e. The van der Waals surface area contributed by atoms with E-state index in [-0.39, 0.29) is 5.91 Å². The largest absolute Gasteiger partial charge is 0.494 e. The molecule has 0 aromatic heterocycles. The van der Waals surface area contributed by atoms with Gasteiger partial charge in [-0.3, -0.25) is 4.79 Å². The van der Waals surface area contributed by atoms with Crippen molar-refractivity contribution in [3.8, 4) is 5.75 Å². The molecule has 5 heteroatoms. The minimum absolute atomic E-state index is 0.0781. The summed E-state index contributed by atoms with van der Waals surface area (Å²) >= 11 is 4.97. The van der Waals surface area contributed by atoms with Gasteiger partial charge < -0.3 is 9.64 Å². The normalized spacial score (nSPS) is 10.4. The number of amides is 1. The van der Waals surface area contributed by atoms with Crippen molar-refractivity contribution in [1.82, 2.24) is 0 Å². The molecule has 0 fully saturated rings. The monoisotopic (exact) mass is 393 g/mol. The van der Waals surface area contributed by atoms with Gasteiger partial charge in [0.15, 0.2) is 0 Å². The predicted octanol–water partition coefficient (Wildman–Crippen LogP) is 4.91. The summed E-state index contributed by atoms with van der Waals surface area (Å²) in [5, 5.41) is 0. The van der Waals surface area contributed by atoms with Crippen molar-refractivity contribution in [1.29, 1.82) is 0 Å². The van der Waals surface area contributed by atoms with Crippen LogP contribution in [0.5, 0.6) is 5.75 Å². The van der Waals surface area contributed by atoms with Gasteiger partial charge in [0.05, 0.1) is 12.4 Å². The quantitative estimate of drug-likeness (QED) is 0.652. The van der Waals surface area contributed by atoms with Gasteiger partial charge in [-0.15, -0.1) is 11.8 Å². The second-order valence-corrected chi connectivity index (χ2v) is 7.04. The van der Waals surface area contributed by atoms with Gasteiger partial charge >= 0.3 is 0 Å². The lowest BCUT2D eigenvalue weighted by atomic mass is 10.2. The number of hydrogen-bond acceptors (Lipinski definition) is 3. The number of halogens is 1. The van der Waals surface area contributed by atoms with E-state index in [1.54, 1.807) is 4.90 Å². The molecule has 0 aliphatic heterocycles. The summed E-state index contributed by atoms with van der Waals surface area (Å²) in [6.45, 7) is 4.62. The molecule has 0 atom stereocenters. The summed E-state index contributed by atoms with van der Waals surface area (Å²) in [7, 11) is 1.82. The molecule has 0 bridgehead atoms. The van der Waals surface area contributed by atoms with E-state index < -0.39 is 0 Å². The minimum atomic E-state index is 0.0781. The zero-order valence-electron chi connectivity index (χ0n) is 13.5. The number of hydrogen-bond donors (Lipinski definition) is 0. The van der Waals surface area contributed by atoms with E-state index in [1.807, 2.05) is 63.4 Å². The van der Waals surface area contributed by atoms with Gasteiger partial charge in [0.2, 0.25) is 5.91 Å². The Hall–Kier alpha value is -1.46. The Morgan fingerprint density at radius 1 is 1.22 bits per heavy atom. The second kappa shape index (κ2) is 8.41. The van der Waals surface area contributed by atoms with Crippen LogP contribution in [0.3, 0.4) is 0 Å². The van der Waals surface area contributed by atoms with Crippen molar-refractivity contribution in [2.75, 3.05) is 24.3 Å². The Balaban J connectivity index is 1.95. The molecule has 0 N–H and O–H groups in total. The van der Waals surface area contributed by atoms with E-state index in [4.69, 9.17) is 4.74 Å². The molecule has 0 saturated heterocycles. The first-order valence-corrected chi connectivity index (χ1v) is 9.17. The maximum atomic E-state index is 12.4. The van der Waals surface area contributed by atoms with Gasteiger partial charge in [0.25, 0.3) is 0 Å². The molecule has 0 heterocycles. The number of aryl methyl sites for hydroxylation is 1. The summed E-state index contributed by atoms with van der Waals surface area (Å²) in [6.07, 6.45) is 0. The second-order valence-electron chi connectivity index (χ2n) is 5.08. The molecule has 2 aromatic rings. The first-order valence-electron chi connectivity index (χ1n) is 7.39. The Bertz CT molecular complexity index is 673. The number of ether oxygens (including phenoxy) is 1. The molecule has 2 rings (SSSR count). The Labute approximate surface area is 150 Å². The van der Waals surface area contributed by atoms with E-state index in [0.717, 1.165) is 26.4 Å². The van der Waals surface area contributed by atoms with Gasteiger partial charge in [-0.25, -0.2) is 0 Å². The molecule has 23 heavy (non-hydrogen) atoms. The van der Waals surface area contributed by atoms with Crippen LogP contribution in [-0.4, -0.2) is 25.3 Å². The highest BCUT2D eigenvalue weighted by Gasteiger charge is 2.13. The van der Waals surface area contributed by atoms with Gasteiger partial charge in [0, 0.05) is 22.1 Å². The molecule has 0 spiro atoms. The number of rotatable bonds is 6. The molecule has 1 amide bonds. The lowest BCUT2D eigenvalue weighted by Gasteiger charge is -2.19. The Morgan fingerprint density at radius 2 is 1.91 bits per heavy atom. The van der Waals surface area contributed by atoms with Crippen LogP contribution < -0.4 is 9.64 Å². The van der Waals surface area contributed by atoms with Gasteiger partial charge in [-0.1, -0.05) is 15.9 Å². The highest BCUT2D eigenvalue weighted by atomic mass is 79.9. The van der Waals surface area contributed by atoms with Crippen molar-refractivity contribution < 1.29 is 9.53 Å². The summed E-state index contributed by atoms with van der Waals surface area (Å²) < 4.78 is 6.43. The van der Waals surface area contributed by atoms with E-state index >= 15 is 0 Å². The number of benzene rings is 2. The van der Waals surface area contributed by atoms with Gasteiger partial charge in [-0.2, -0.15) is 0 Å². The number of thioether (sulfide) groups is 1. The van der Waals surface area contributed by atoms with E-state index in [0.29, 0.717) is 12.4 Å². The fourth-order valence-corrected chi connectivity index (χ4v) is 3.46. The molecule has 0 aliphatic carbocycles. The van der Waals surface area contributed by atoms with Crippen molar-refractivity contribution in [3.63, 3.8) is 0 Å². The number of anilines is 1. The molecule has 0 aliphatic rings. The van der Waals surface area contributed by atoms with Crippen LogP contribution >= 0.6 is 27.7 Å². The van der Waals surface area contributed by atoms with Gasteiger partial charge in [0.1, 0.15) is 5.75 Å². The summed E-state index contributed by atoms with van der Waals surface area (Å²) in [6, 6.07) is 13.7. The van der Waals surface area contributed by atoms with Crippen molar-refractivity contribution in [3.05, 3.63) is 52.5 Å². The third kappa shape index (κ3) is 5.01. The maximum absolute atomic E-state index is 12.4. The predicted molar refractivity (Wildman–Crippen MR) is 101 cm³/mol. The molecule has 0 unspecified atom stereocenters.